The minimum Gasteiger partial charge on any atom is -0.494 e. The molecular weight excluding hydrogens is 277 g/mol. The van der Waals surface area contributed by atoms with Crippen LogP contribution in [0.25, 0.3) is 0 Å². The number of carboxylic acids is 1. The van der Waals surface area contributed by atoms with E-state index in [1.165, 1.54) is 36.4 Å². The lowest BCUT2D eigenvalue weighted by atomic mass is 10.1. The lowest BCUT2D eigenvalue weighted by Gasteiger charge is -2.08. The molecule has 1 heterocycles. The van der Waals surface area contributed by atoms with E-state index in [1.54, 1.807) is 0 Å². The molecule has 1 aromatic carbocycles. The Morgan fingerprint density at radius 2 is 2.05 bits per heavy atom. The van der Waals surface area contributed by atoms with Gasteiger partial charge in [0.25, 0.3) is 0 Å². The summed E-state index contributed by atoms with van der Waals surface area (Å²) in [6.45, 7) is 0.229. The first-order valence-corrected chi connectivity index (χ1v) is 6.21. The van der Waals surface area contributed by atoms with Gasteiger partial charge in [-0.05, 0) is 36.4 Å². The van der Waals surface area contributed by atoms with Gasteiger partial charge >= 0.3 is 5.97 Å². The second-order valence-corrected chi connectivity index (χ2v) is 4.28. The van der Waals surface area contributed by atoms with Gasteiger partial charge in [-0.2, -0.15) is 5.26 Å². The number of ether oxygens (including phenoxy) is 1. The topological polar surface area (TPSA) is 83.5 Å². The van der Waals surface area contributed by atoms with Crippen molar-refractivity contribution in [2.75, 3.05) is 6.61 Å². The molecule has 0 amide bonds. The molecule has 2 rings (SSSR count). The largest absolute Gasteiger partial charge is 0.494 e. The van der Waals surface area contributed by atoms with Gasteiger partial charge < -0.3 is 14.3 Å². The van der Waals surface area contributed by atoms with Gasteiger partial charge in [0.1, 0.15) is 23.2 Å². The number of hydrogen-bond acceptors (Lipinski definition) is 4. The molecule has 1 aromatic heterocycles. The predicted octanol–water partition coefficient (Wildman–Crippen LogP) is 3.19. The minimum atomic E-state index is -1.18. The second kappa shape index (κ2) is 6.57. The van der Waals surface area contributed by atoms with Crippen LogP contribution in [0.2, 0.25) is 0 Å². The van der Waals surface area contributed by atoms with Crippen molar-refractivity contribution in [2.45, 2.75) is 12.3 Å². The molecule has 0 aliphatic carbocycles. The van der Waals surface area contributed by atoms with E-state index >= 15 is 0 Å². The summed E-state index contributed by atoms with van der Waals surface area (Å²) in [7, 11) is 0. The monoisotopic (exact) mass is 289 g/mol. The molecular formula is C15H12FNO4. The standard InChI is InChI=1S/C15H12FNO4/c16-11-1-3-12(4-2-11)20-8-7-10(9-17)13-5-6-14(21-13)15(18)19/h1-6,10H,7-8H2,(H,18,19). The molecule has 0 radical (unpaired) electrons. The van der Waals surface area contributed by atoms with Crippen molar-refractivity contribution in [3.05, 3.63) is 53.7 Å². The number of aromatic carboxylic acids is 1. The zero-order chi connectivity index (χ0) is 15.2. The molecule has 2 aromatic rings. The van der Waals surface area contributed by atoms with Crippen LogP contribution in [0, 0.1) is 17.1 Å². The van der Waals surface area contributed by atoms with E-state index in [0.717, 1.165) is 0 Å². The maximum Gasteiger partial charge on any atom is 0.371 e. The number of hydrogen-bond donors (Lipinski definition) is 1. The lowest BCUT2D eigenvalue weighted by Crippen LogP contribution is -2.04. The third kappa shape index (κ3) is 3.83. The Bertz CT molecular complexity index is 657. The molecule has 0 saturated carbocycles. The van der Waals surface area contributed by atoms with Crippen molar-refractivity contribution >= 4 is 5.97 Å². The summed E-state index contributed by atoms with van der Waals surface area (Å²) in [6.07, 6.45) is 0.334. The van der Waals surface area contributed by atoms with E-state index in [-0.39, 0.29) is 23.9 Å². The van der Waals surface area contributed by atoms with Gasteiger partial charge in [0.15, 0.2) is 0 Å². The van der Waals surface area contributed by atoms with Crippen LogP contribution < -0.4 is 4.74 Å². The number of carbonyl (C=O) groups is 1. The summed E-state index contributed by atoms with van der Waals surface area (Å²) in [5.41, 5.74) is 0. The molecule has 0 aliphatic rings. The summed E-state index contributed by atoms with van der Waals surface area (Å²) in [5.74, 6) is -1.55. The highest BCUT2D eigenvalue weighted by Gasteiger charge is 2.17. The van der Waals surface area contributed by atoms with Crippen LogP contribution in [-0.4, -0.2) is 17.7 Å². The van der Waals surface area contributed by atoms with Gasteiger partial charge in [0.2, 0.25) is 5.76 Å². The number of nitriles is 1. The van der Waals surface area contributed by atoms with Crippen LogP contribution >= 0.6 is 0 Å². The highest BCUT2D eigenvalue weighted by molar-refractivity contribution is 5.84. The van der Waals surface area contributed by atoms with Gasteiger partial charge in [-0.1, -0.05) is 0 Å². The van der Waals surface area contributed by atoms with Crippen LogP contribution in [-0.2, 0) is 0 Å². The molecule has 6 heteroatoms. The quantitative estimate of drug-likeness (QED) is 0.882. The third-order valence-electron chi connectivity index (χ3n) is 2.83. The average molecular weight is 289 g/mol. The first kappa shape index (κ1) is 14.6. The minimum absolute atomic E-state index is 0.204. The molecule has 0 fully saturated rings. The molecule has 0 aliphatic heterocycles. The van der Waals surface area contributed by atoms with E-state index < -0.39 is 11.9 Å². The van der Waals surface area contributed by atoms with E-state index in [4.69, 9.17) is 19.5 Å². The summed E-state index contributed by atoms with van der Waals surface area (Å²) >= 11 is 0. The van der Waals surface area contributed by atoms with Crippen LogP contribution in [0.1, 0.15) is 28.7 Å². The lowest BCUT2D eigenvalue weighted by molar-refractivity contribution is 0.0660. The molecule has 1 atom stereocenters. The number of nitrogens with zero attached hydrogens (tertiary/aromatic N) is 1. The maximum atomic E-state index is 12.7. The number of carboxylic acid groups (broad SMARTS) is 1. The zero-order valence-corrected chi connectivity index (χ0v) is 11.0. The fourth-order valence-corrected chi connectivity index (χ4v) is 1.75. The Balaban J connectivity index is 1.92. The molecule has 5 nitrogen and oxygen atoms in total. The van der Waals surface area contributed by atoms with Crippen LogP contribution in [0.4, 0.5) is 4.39 Å². The van der Waals surface area contributed by atoms with Crippen molar-refractivity contribution in [2.24, 2.45) is 0 Å². The van der Waals surface area contributed by atoms with E-state index in [1.807, 2.05) is 6.07 Å². The Morgan fingerprint density at radius 3 is 2.62 bits per heavy atom. The zero-order valence-electron chi connectivity index (χ0n) is 11.0. The maximum absolute atomic E-state index is 12.7. The summed E-state index contributed by atoms with van der Waals surface area (Å²) in [5, 5.41) is 17.9. The van der Waals surface area contributed by atoms with Crippen LogP contribution in [0.5, 0.6) is 5.75 Å². The summed E-state index contributed by atoms with van der Waals surface area (Å²) < 4.78 is 23.2. The van der Waals surface area contributed by atoms with E-state index in [9.17, 15) is 9.18 Å². The molecule has 0 spiro atoms. The summed E-state index contributed by atoms with van der Waals surface area (Å²) in [6, 6.07) is 10.4. The van der Waals surface area contributed by atoms with Crippen molar-refractivity contribution in [1.29, 1.82) is 5.26 Å². The number of furan rings is 1. The Hall–Kier alpha value is -2.81. The fourth-order valence-electron chi connectivity index (χ4n) is 1.75. The number of halogens is 1. The van der Waals surface area contributed by atoms with Crippen molar-refractivity contribution in [1.82, 2.24) is 0 Å². The highest BCUT2D eigenvalue weighted by atomic mass is 19.1. The van der Waals surface area contributed by atoms with Crippen molar-refractivity contribution in [3.8, 4) is 11.8 Å². The number of benzene rings is 1. The van der Waals surface area contributed by atoms with Gasteiger partial charge in [-0.15, -0.1) is 0 Å². The van der Waals surface area contributed by atoms with E-state index in [0.29, 0.717) is 12.2 Å². The first-order valence-electron chi connectivity index (χ1n) is 6.21. The second-order valence-electron chi connectivity index (χ2n) is 4.28. The van der Waals surface area contributed by atoms with Crippen molar-refractivity contribution < 1.29 is 23.4 Å². The fraction of sp³-hybridized carbons (Fsp3) is 0.200. The van der Waals surface area contributed by atoms with Crippen molar-refractivity contribution in [3.63, 3.8) is 0 Å². The molecule has 1 N–H and O–H groups in total. The molecule has 0 saturated heterocycles. The van der Waals surface area contributed by atoms with Gasteiger partial charge in [0, 0.05) is 6.42 Å². The molecule has 108 valence electrons. The normalized spacial score (nSPS) is 11.6. The van der Waals surface area contributed by atoms with Gasteiger partial charge in [0.05, 0.1) is 12.7 Å². The van der Waals surface area contributed by atoms with Crippen LogP contribution in [0.3, 0.4) is 0 Å². The highest BCUT2D eigenvalue weighted by Crippen LogP contribution is 2.22. The molecule has 1 unspecified atom stereocenters. The Labute approximate surface area is 120 Å². The average Bonchev–Trinajstić information content (AvgIpc) is 2.95. The van der Waals surface area contributed by atoms with E-state index in [2.05, 4.69) is 0 Å². The summed E-state index contributed by atoms with van der Waals surface area (Å²) in [4.78, 5) is 10.7. The van der Waals surface area contributed by atoms with Crippen LogP contribution in [0.15, 0.2) is 40.8 Å². The Kier molecular flexibility index (Phi) is 4.57. The van der Waals surface area contributed by atoms with Gasteiger partial charge in [-0.3, -0.25) is 0 Å². The number of rotatable bonds is 6. The van der Waals surface area contributed by atoms with Gasteiger partial charge in [-0.25, -0.2) is 9.18 Å². The smallest absolute Gasteiger partial charge is 0.371 e. The predicted molar refractivity (Wildman–Crippen MR) is 70.5 cm³/mol. The molecule has 21 heavy (non-hydrogen) atoms. The Morgan fingerprint density at radius 1 is 1.33 bits per heavy atom. The SMILES string of the molecule is N#CC(CCOc1ccc(F)cc1)c1ccc(C(=O)O)o1. The molecule has 0 bridgehead atoms. The third-order valence-corrected chi connectivity index (χ3v) is 2.83. The first-order chi connectivity index (χ1) is 10.1.